The van der Waals surface area contributed by atoms with Gasteiger partial charge in [0.05, 0.1) is 18.9 Å². The van der Waals surface area contributed by atoms with Crippen LogP contribution in [0.4, 0.5) is 0 Å². The Morgan fingerprint density at radius 1 is 1.36 bits per heavy atom. The molecule has 1 aromatic heterocycles. The Hall–Kier alpha value is -2.84. The molecule has 0 spiro atoms. The predicted octanol–water partition coefficient (Wildman–Crippen LogP) is 1.61. The fraction of sp³-hybridized carbons (Fsp3) is 0.176. The van der Waals surface area contributed by atoms with Gasteiger partial charge in [0, 0.05) is 23.3 Å². The predicted molar refractivity (Wildman–Crippen MR) is 81.4 cm³/mol. The van der Waals surface area contributed by atoms with Crippen molar-refractivity contribution >= 4 is 5.91 Å². The monoisotopic (exact) mass is 294 g/mol. The van der Waals surface area contributed by atoms with Crippen LogP contribution in [0.15, 0.2) is 36.4 Å². The number of terminal acetylenes is 1. The molecule has 2 aromatic rings. The van der Waals surface area contributed by atoms with Crippen molar-refractivity contribution in [3.05, 3.63) is 47.7 Å². The molecule has 0 saturated carbocycles. The van der Waals surface area contributed by atoms with Crippen molar-refractivity contribution < 1.29 is 14.3 Å². The zero-order chi connectivity index (χ0) is 15.5. The maximum atomic E-state index is 11.5. The van der Waals surface area contributed by atoms with Gasteiger partial charge in [0.1, 0.15) is 17.5 Å². The Labute approximate surface area is 128 Å². The van der Waals surface area contributed by atoms with E-state index in [-0.39, 0.29) is 11.8 Å². The minimum absolute atomic E-state index is 0.00646. The van der Waals surface area contributed by atoms with Gasteiger partial charge in [-0.25, -0.2) is 4.98 Å². The van der Waals surface area contributed by atoms with E-state index in [1.54, 1.807) is 6.07 Å². The van der Waals surface area contributed by atoms with Crippen molar-refractivity contribution in [2.45, 2.75) is 6.10 Å². The number of amides is 1. The molecule has 1 aromatic carbocycles. The average molecular weight is 294 g/mol. The molecule has 22 heavy (non-hydrogen) atoms. The minimum atomic E-state index is -0.607. The summed E-state index contributed by atoms with van der Waals surface area (Å²) in [7, 11) is 0. The van der Waals surface area contributed by atoms with Gasteiger partial charge in [0.2, 0.25) is 0 Å². The number of pyridine rings is 1. The number of primary amides is 1. The number of benzene rings is 1. The lowest BCUT2D eigenvalue weighted by molar-refractivity contribution is -0.0797. The SMILES string of the molecule is C#Cc1cccc(-c2cc(OC3COC3)cc(C(N)=O)n2)c1. The van der Waals surface area contributed by atoms with Crippen molar-refractivity contribution in [2.75, 3.05) is 13.2 Å². The van der Waals surface area contributed by atoms with Gasteiger partial charge in [-0.2, -0.15) is 0 Å². The van der Waals surface area contributed by atoms with E-state index in [0.29, 0.717) is 24.7 Å². The topological polar surface area (TPSA) is 74.4 Å². The van der Waals surface area contributed by atoms with E-state index >= 15 is 0 Å². The Morgan fingerprint density at radius 3 is 2.82 bits per heavy atom. The van der Waals surface area contributed by atoms with Gasteiger partial charge < -0.3 is 15.2 Å². The lowest BCUT2D eigenvalue weighted by atomic mass is 10.1. The van der Waals surface area contributed by atoms with Crippen LogP contribution >= 0.6 is 0 Å². The van der Waals surface area contributed by atoms with Crippen LogP contribution in [0, 0.1) is 12.3 Å². The van der Waals surface area contributed by atoms with Crippen LogP contribution in [-0.4, -0.2) is 30.2 Å². The zero-order valence-corrected chi connectivity index (χ0v) is 11.8. The summed E-state index contributed by atoms with van der Waals surface area (Å²) in [6.07, 6.45) is 5.41. The number of rotatable bonds is 4. The van der Waals surface area contributed by atoms with E-state index in [4.69, 9.17) is 21.6 Å². The van der Waals surface area contributed by atoms with Crippen molar-refractivity contribution in [3.8, 4) is 29.4 Å². The third kappa shape index (κ3) is 2.92. The van der Waals surface area contributed by atoms with E-state index in [1.807, 2.05) is 24.3 Å². The highest BCUT2D eigenvalue weighted by Gasteiger charge is 2.21. The van der Waals surface area contributed by atoms with Crippen LogP contribution in [0.2, 0.25) is 0 Å². The van der Waals surface area contributed by atoms with Crippen LogP contribution in [0.3, 0.4) is 0 Å². The van der Waals surface area contributed by atoms with Crippen molar-refractivity contribution in [3.63, 3.8) is 0 Å². The highest BCUT2D eigenvalue weighted by Crippen LogP contribution is 2.25. The second-order valence-corrected chi connectivity index (χ2v) is 4.94. The minimum Gasteiger partial charge on any atom is -0.485 e. The Kier molecular flexibility index (Phi) is 3.77. The molecule has 1 aliphatic heterocycles. The largest absolute Gasteiger partial charge is 0.485 e. The third-order valence-corrected chi connectivity index (χ3v) is 3.29. The van der Waals surface area contributed by atoms with Crippen LogP contribution in [0.5, 0.6) is 5.75 Å². The number of carbonyl (C=O) groups is 1. The van der Waals surface area contributed by atoms with Gasteiger partial charge in [0.15, 0.2) is 0 Å². The molecule has 2 N–H and O–H groups in total. The molecule has 0 atom stereocenters. The first-order valence-corrected chi connectivity index (χ1v) is 6.79. The Bertz CT molecular complexity index is 761. The lowest BCUT2D eigenvalue weighted by Gasteiger charge is -2.27. The van der Waals surface area contributed by atoms with Gasteiger partial charge in [-0.15, -0.1) is 6.42 Å². The third-order valence-electron chi connectivity index (χ3n) is 3.29. The number of aromatic nitrogens is 1. The fourth-order valence-corrected chi connectivity index (χ4v) is 2.09. The Morgan fingerprint density at radius 2 is 2.18 bits per heavy atom. The number of ether oxygens (including phenoxy) is 2. The second kappa shape index (κ2) is 5.88. The summed E-state index contributed by atoms with van der Waals surface area (Å²) < 4.78 is 10.8. The van der Waals surface area contributed by atoms with E-state index < -0.39 is 5.91 Å². The molecule has 2 heterocycles. The van der Waals surface area contributed by atoms with E-state index in [9.17, 15) is 4.79 Å². The molecule has 3 rings (SSSR count). The molecule has 110 valence electrons. The molecule has 1 aliphatic rings. The molecular formula is C17H14N2O3. The van der Waals surface area contributed by atoms with Gasteiger partial charge in [0.25, 0.3) is 5.91 Å². The molecular weight excluding hydrogens is 280 g/mol. The highest BCUT2D eigenvalue weighted by molar-refractivity contribution is 5.91. The number of carbonyl (C=O) groups excluding carboxylic acids is 1. The van der Waals surface area contributed by atoms with E-state index in [2.05, 4.69) is 10.9 Å². The normalized spacial score (nSPS) is 14.0. The molecule has 0 unspecified atom stereocenters. The van der Waals surface area contributed by atoms with Crippen molar-refractivity contribution in [1.82, 2.24) is 4.98 Å². The molecule has 0 aliphatic carbocycles. The standard InChI is InChI=1S/C17H14N2O3/c1-2-11-4-3-5-12(6-11)15-7-13(22-14-9-21-10-14)8-16(19-15)17(18)20/h1,3-8,14H,9-10H2,(H2,18,20). The fourth-order valence-electron chi connectivity index (χ4n) is 2.09. The zero-order valence-electron chi connectivity index (χ0n) is 11.8. The van der Waals surface area contributed by atoms with Gasteiger partial charge in [-0.05, 0) is 12.1 Å². The summed E-state index contributed by atoms with van der Waals surface area (Å²) in [5.41, 5.74) is 7.62. The molecule has 0 radical (unpaired) electrons. The van der Waals surface area contributed by atoms with Crippen LogP contribution in [0.25, 0.3) is 11.3 Å². The first-order chi connectivity index (χ1) is 10.7. The van der Waals surface area contributed by atoms with Crippen LogP contribution in [0.1, 0.15) is 16.1 Å². The molecule has 5 heteroatoms. The summed E-state index contributed by atoms with van der Waals surface area (Å²) in [6, 6.07) is 10.6. The molecule has 5 nitrogen and oxygen atoms in total. The maximum Gasteiger partial charge on any atom is 0.267 e. The Balaban J connectivity index is 2.01. The van der Waals surface area contributed by atoms with E-state index in [1.165, 1.54) is 6.07 Å². The number of hydrogen-bond acceptors (Lipinski definition) is 4. The summed E-state index contributed by atoms with van der Waals surface area (Å²) in [6.45, 7) is 1.08. The van der Waals surface area contributed by atoms with Crippen LogP contribution < -0.4 is 10.5 Å². The van der Waals surface area contributed by atoms with Crippen LogP contribution in [-0.2, 0) is 4.74 Å². The number of nitrogens with zero attached hydrogens (tertiary/aromatic N) is 1. The molecule has 1 fully saturated rings. The smallest absolute Gasteiger partial charge is 0.267 e. The summed E-state index contributed by atoms with van der Waals surface area (Å²) >= 11 is 0. The molecule has 0 bridgehead atoms. The van der Waals surface area contributed by atoms with Crippen molar-refractivity contribution in [2.24, 2.45) is 5.73 Å². The lowest BCUT2D eigenvalue weighted by Crippen LogP contribution is -2.38. The molecule has 1 saturated heterocycles. The summed E-state index contributed by atoms with van der Waals surface area (Å²) in [5.74, 6) is 2.51. The van der Waals surface area contributed by atoms with Gasteiger partial charge in [-0.1, -0.05) is 18.1 Å². The highest BCUT2D eigenvalue weighted by atomic mass is 16.6. The quantitative estimate of drug-likeness (QED) is 0.869. The first-order valence-electron chi connectivity index (χ1n) is 6.79. The maximum absolute atomic E-state index is 11.5. The number of hydrogen-bond donors (Lipinski definition) is 1. The summed E-state index contributed by atoms with van der Waals surface area (Å²) in [5, 5.41) is 0. The number of nitrogens with two attached hydrogens (primary N) is 1. The first kappa shape index (κ1) is 14.1. The summed E-state index contributed by atoms with van der Waals surface area (Å²) in [4.78, 5) is 15.8. The second-order valence-electron chi connectivity index (χ2n) is 4.94. The average Bonchev–Trinajstić information content (AvgIpc) is 2.50. The van der Waals surface area contributed by atoms with Gasteiger partial charge >= 0.3 is 0 Å². The molecule has 1 amide bonds. The van der Waals surface area contributed by atoms with Crippen molar-refractivity contribution in [1.29, 1.82) is 0 Å². The van der Waals surface area contributed by atoms with Gasteiger partial charge in [-0.3, -0.25) is 4.79 Å². The van der Waals surface area contributed by atoms with E-state index in [0.717, 1.165) is 11.1 Å².